The van der Waals surface area contributed by atoms with Crippen LogP contribution in [0.25, 0.3) is 22.2 Å². The summed E-state index contributed by atoms with van der Waals surface area (Å²) in [4.78, 5) is 35.1. The number of amides is 1. The summed E-state index contributed by atoms with van der Waals surface area (Å²) in [5.74, 6) is -1.16. The lowest BCUT2D eigenvalue weighted by molar-refractivity contribution is 0.102. The fourth-order valence-electron chi connectivity index (χ4n) is 4.36. The zero-order valence-corrected chi connectivity index (χ0v) is 21.9. The Morgan fingerprint density at radius 1 is 1.02 bits per heavy atom. The molecule has 5 aromatic rings. The average Bonchev–Trinajstić information content (AvgIpc) is 2.95. The van der Waals surface area contributed by atoms with E-state index in [-0.39, 0.29) is 22.7 Å². The van der Waals surface area contributed by atoms with Gasteiger partial charge in [0.2, 0.25) is 5.43 Å². The van der Waals surface area contributed by atoms with E-state index in [0.717, 1.165) is 6.07 Å². The molecule has 0 aliphatic rings. The number of ether oxygens (including phenoxy) is 2. The first-order chi connectivity index (χ1) is 19.3. The molecule has 1 amide bonds. The number of fused-ring (bicyclic) bond motifs is 1. The maximum atomic E-state index is 15.0. The van der Waals surface area contributed by atoms with Gasteiger partial charge in [-0.05, 0) is 43.7 Å². The van der Waals surface area contributed by atoms with Crippen molar-refractivity contribution in [1.82, 2.24) is 14.5 Å². The van der Waals surface area contributed by atoms with Crippen LogP contribution in [0.5, 0.6) is 17.2 Å². The van der Waals surface area contributed by atoms with E-state index in [1.807, 2.05) is 6.92 Å². The molecule has 0 spiro atoms. The summed E-state index contributed by atoms with van der Waals surface area (Å²) in [5, 5.41) is 2.59. The van der Waals surface area contributed by atoms with Gasteiger partial charge in [-0.25, -0.2) is 13.8 Å². The van der Waals surface area contributed by atoms with Crippen molar-refractivity contribution in [3.8, 4) is 28.4 Å². The molecule has 0 saturated heterocycles. The molecule has 0 aliphatic carbocycles. The van der Waals surface area contributed by atoms with Crippen molar-refractivity contribution < 1.29 is 23.0 Å². The molecule has 0 aliphatic heterocycles. The molecule has 5 rings (SSSR count). The summed E-state index contributed by atoms with van der Waals surface area (Å²) in [6.45, 7) is 4.13. The van der Waals surface area contributed by atoms with E-state index in [9.17, 15) is 14.0 Å². The van der Waals surface area contributed by atoms with Crippen LogP contribution in [0.15, 0.2) is 78.0 Å². The first-order valence-corrected chi connectivity index (χ1v) is 12.4. The summed E-state index contributed by atoms with van der Waals surface area (Å²) in [6, 6.07) is 12.7. The van der Waals surface area contributed by atoms with Crippen LogP contribution in [0.1, 0.15) is 23.0 Å². The fourth-order valence-corrected chi connectivity index (χ4v) is 4.36. The highest BCUT2D eigenvalue weighted by atomic mass is 19.1. The second kappa shape index (κ2) is 10.9. The van der Waals surface area contributed by atoms with Crippen molar-refractivity contribution in [2.45, 2.75) is 20.4 Å². The van der Waals surface area contributed by atoms with Gasteiger partial charge in [-0.15, -0.1) is 0 Å². The molecule has 1 N–H and O–H groups in total. The third-order valence-electron chi connectivity index (χ3n) is 6.43. The minimum absolute atomic E-state index is 0.0922. The predicted molar refractivity (Wildman–Crippen MR) is 147 cm³/mol. The first-order valence-electron chi connectivity index (χ1n) is 12.4. The van der Waals surface area contributed by atoms with Crippen LogP contribution in [0.3, 0.4) is 0 Å². The van der Waals surface area contributed by atoms with Gasteiger partial charge in [0.1, 0.15) is 22.6 Å². The fraction of sp³-hybridized carbons (Fsp3) is 0.133. The molecule has 3 aromatic heterocycles. The van der Waals surface area contributed by atoms with Crippen molar-refractivity contribution in [2.75, 3.05) is 12.4 Å². The standard InChI is InChI=1S/C30H24F2N4O4/c1-4-36-16-22(29(37)27(17(36)2)18-5-7-19(31)8-6-18)30(38)35-20-9-10-25(23(32)13-20)40-26-11-12-33-24-14-21(39-3)15-34-28(24)26/h5-16H,4H2,1-3H3,(H,35,38). The van der Waals surface area contributed by atoms with Gasteiger partial charge in [-0.2, -0.15) is 0 Å². The van der Waals surface area contributed by atoms with Gasteiger partial charge in [0, 0.05) is 54.1 Å². The number of carbonyl (C=O) groups excluding carboxylic acids is 1. The zero-order chi connectivity index (χ0) is 28.4. The molecule has 0 unspecified atom stereocenters. The number of anilines is 1. The van der Waals surface area contributed by atoms with Crippen LogP contribution in [0, 0.1) is 18.6 Å². The largest absolute Gasteiger partial charge is 0.495 e. The number of methoxy groups -OCH3 is 1. The topological polar surface area (TPSA) is 95.3 Å². The molecular weight excluding hydrogens is 518 g/mol. The van der Waals surface area contributed by atoms with Crippen molar-refractivity contribution >= 4 is 22.6 Å². The number of nitrogens with zero attached hydrogens (tertiary/aromatic N) is 3. The summed E-state index contributed by atoms with van der Waals surface area (Å²) < 4.78 is 41.2. The normalized spacial score (nSPS) is 10.9. The quantitative estimate of drug-likeness (QED) is 0.266. The van der Waals surface area contributed by atoms with Gasteiger partial charge in [-0.3, -0.25) is 14.6 Å². The summed E-state index contributed by atoms with van der Waals surface area (Å²) in [7, 11) is 1.52. The van der Waals surface area contributed by atoms with Gasteiger partial charge < -0.3 is 19.4 Å². The highest BCUT2D eigenvalue weighted by Crippen LogP contribution is 2.31. The van der Waals surface area contributed by atoms with Gasteiger partial charge in [0.15, 0.2) is 17.3 Å². The number of pyridine rings is 3. The lowest BCUT2D eigenvalue weighted by Gasteiger charge is -2.16. The Balaban J connectivity index is 1.42. The molecule has 0 fully saturated rings. The summed E-state index contributed by atoms with van der Waals surface area (Å²) in [6.07, 6.45) is 4.48. The van der Waals surface area contributed by atoms with E-state index in [4.69, 9.17) is 9.47 Å². The summed E-state index contributed by atoms with van der Waals surface area (Å²) in [5.41, 5.74) is 1.84. The van der Waals surface area contributed by atoms with Crippen LogP contribution in [-0.2, 0) is 6.54 Å². The molecule has 40 heavy (non-hydrogen) atoms. The van der Waals surface area contributed by atoms with E-state index in [1.54, 1.807) is 23.6 Å². The Kier molecular flexibility index (Phi) is 7.24. The van der Waals surface area contributed by atoms with E-state index < -0.39 is 23.0 Å². The maximum Gasteiger partial charge on any atom is 0.261 e. The number of aryl methyl sites for hydroxylation is 1. The molecule has 2 aromatic carbocycles. The van der Waals surface area contributed by atoms with Crippen LogP contribution >= 0.6 is 0 Å². The predicted octanol–water partition coefficient (Wildman–Crippen LogP) is 6.12. The first kappa shape index (κ1) is 26.5. The Morgan fingerprint density at radius 2 is 1.80 bits per heavy atom. The Bertz CT molecular complexity index is 1800. The van der Waals surface area contributed by atoms with Crippen LogP contribution in [0.4, 0.5) is 14.5 Å². The third-order valence-corrected chi connectivity index (χ3v) is 6.43. The smallest absolute Gasteiger partial charge is 0.261 e. The van der Waals surface area contributed by atoms with Gasteiger partial charge in [-0.1, -0.05) is 12.1 Å². The van der Waals surface area contributed by atoms with Crippen molar-refractivity contribution in [1.29, 1.82) is 0 Å². The number of hydrogen-bond acceptors (Lipinski definition) is 6. The number of aromatic nitrogens is 3. The number of halogens is 2. The van der Waals surface area contributed by atoms with Crippen LogP contribution in [-0.4, -0.2) is 27.6 Å². The lowest BCUT2D eigenvalue weighted by atomic mass is 10.0. The monoisotopic (exact) mass is 542 g/mol. The molecule has 0 bridgehead atoms. The maximum absolute atomic E-state index is 15.0. The minimum atomic E-state index is -0.738. The van der Waals surface area contributed by atoms with Crippen LogP contribution in [0.2, 0.25) is 0 Å². The molecule has 10 heteroatoms. The third kappa shape index (κ3) is 5.11. The van der Waals surface area contributed by atoms with Crippen molar-refractivity contribution in [3.05, 3.63) is 106 Å². The van der Waals surface area contributed by atoms with Crippen LogP contribution < -0.4 is 20.2 Å². The Morgan fingerprint density at radius 3 is 2.50 bits per heavy atom. The number of benzene rings is 2. The highest BCUT2D eigenvalue weighted by Gasteiger charge is 2.20. The number of carbonyl (C=O) groups is 1. The van der Waals surface area contributed by atoms with Gasteiger partial charge in [0.25, 0.3) is 5.91 Å². The van der Waals surface area contributed by atoms with Crippen molar-refractivity contribution in [2.24, 2.45) is 0 Å². The van der Waals surface area contributed by atoms with E-state index >= 15 is 4.39 Å². The molecule has 0 saturated carbocycles. The van der Waals surface area contributed by atoms with Crippen molar-refractivity contribution in [3.63, 3.8) is 0 Å². The van der Waals surface area contributed by atoms with Gasteiger partial charge in [0.05, 0.1) is 18.8 Å². The lowest BCUT2D eigenvalue weighted by Crippen LogP contribution is -2.26. The van der Waals surface area contributed by atoms with E-state index in [0.29, 0.717) is 40.1 Å². The molecule has 8 nitrogen and oxygen atoms in total. The van der Waals surface area contributed by atoms with E-state index in [2.05, 4.69) is 15.3 Å². The minimum Gasteiger partial charge on any atom is -0.495 e. The molecule has 0 atom stereocenters. The summed E-state index contributed by atoms with van der Waals surface area (Å²) >= 11 is 0. The second-order valence-electron chi connectivity index (χ2n) is 8.88. The number of hydrogen-bond donors (Lipinski definition) is 1. The van der Waals surface area contributed by atoms with E-state index in [1.165, 1.54) is 62.1 Å². The number of nitrogens with one attached hydrogen (secondary N) is 1. The average molecular weight is 543 g/mol. The number of rotatable bonds is 7. The Hall–Kier alpha value is -5.12. The molecule has 202 valence electrons. The molecule has 0 radical (unpaired) electrons. The Labute approximate surface area is 227 Å². The highest BCUT2D eigenvalue weighted by molar-refractivity contribution is 6.04. The molecular formula is C30H24F2N4O4. The molecule has 3 heterocycles. The SMILES string of the molecule is CCn1cc(C(=O)Nc2ccc(Oc3ccnc4cc(OC)cnc34)c(F)c2)c(=O)c(-c2ccc(F)cc2)c1C. The second-order valence-corrected chi connectivity index (χ2v) is 8.88. The van der Waals surface area contributed by atoms with Gasteiger partial charge >= 0.3 is 0 Å². The zero-order valence-electron chi connectivity index (χ0n) is 21.9.